The number of hydrogen-bond acceptors (Lipinski definition) is 6. The van der Waals surface area contributed by atoms with Crippen LogP contribution in [0.4, 0.5) is 5.13 Å². The van der Waals surface area contributed by atoms with E-state index in [-0.39, 0.29) is 5.01 Å². The van der Waals surface area contributed by atoms with Crippen LogP contribution in [0.2, 0.25) is 0 Å². The molecule has 1 N–H and O–H groups in total. The summed E-state index contributed by atoms with van der Waals surface area (Å²) < 4.78 is 4.86. The molecule has 2 aromatic rings. The first kappa shape index (κ1) is 17.1. The number of aryl methyl sites for hydroxylation is 1. The molecule has 0 unspecified atom stereocenters. The summed E-state index contributed by atoms with van der Waals surface area (Å²) in [5.41, 5.74) is 2.38. The molecule has 0 spiro atoms. The van der Waals surface area contributed by atoms with Gasteiger partial charge in [-0.05, 0) is 19.4 Å². The third-order valence-electron chi connectivity index (χ3n) is 2.44. The highest BCUT2D eigenvalue weighted by atomic mass is 32.1. The Kier molecular flexibility index (Phi) is 7.39. The van der Waals surface area contributed by atoms with Crippen molar-refractivity contribution in [2.75, 3.05) is 11.9 Å². The lowest BCUT2D eigenvalue weighted by atomic mass is 10.1. The van der Waals surface area contributed by atoms with Crippen molar-refractivity contribution in [3.05, 3.63) is 40.4 Å². The van der Waals surface area contributed by atoms with Crippen molar-refractivity contribution in [1.82, 2.24) is 10.2 Å². The molecule has 114 valence electrons. The van der Waals surface area contributed by atoms with Gasteiger partial charge in [-0.2, -0.15) is 0 Å². The maximum atomic E-state index is 11.4. The fourth-order valence-corrected chi connectivity index (χ4v) is 2.09. The van der Waals surface area contributed by atoms with Gasteiger partial charge in [0, 0.05) is 6.54 Å². The van der Waals surface area contributed by atoms with Crippen LogP contribution in [-0.2, 0) is 11.3 Å². The van der Waals surface area contributed by atoms with Crippen molar-refractivity contribution in [2.24, 2.45) is 0 Å². The summed E-state index contributed by atoms with van der Waals surface area (Å²) in [4.78, 5) is 11.4. The second-order valence-electron chi connectivity index (χ2n) is 3.97. The molecule has 0 saturated heterocycles. The van der Waals surface area contributed by atoms with Gasteiger partial charge in [-0.3, -0.25) is 0 Å². The molecule has 21 heavy (non-hydrogen) atoms. The number of carbonyl (C=O) groups excluding carboxylic acids is 1. The Morgan fingerprint density at radius 2 is 1.90 bits per heavy atom. The molecule has 1 aromatic carbocycles. The topological polar surface area (TPSA) is 64.1 Å². The van der Waals surface area contributed by atoms with E-state index in [1.54, 1.807) is 6.92 Å². The highest BCUT2D eigenvalue weighted by Gasteiger charge is 2.13. The van der Waals surface area contributed by atoms with Crippen LogP contribution in [0, 0.1) is 6.92 Å². The number of rotatable bonds is 5. The summed E-state index contributed by atoms with van der Waals surface area (Å²) in [5.74, 6) is -0.427. The minimum atomic E-state index is -0.427. The zero-order valence-corrected chi connectivity index (χ0v) is 13.7. The van der Waals surface area contributed by atoms with Crippen molar-refractivity contribution in [3.63, 3.8) is 0 Å². The van der Waals surface area contributed by atoms with E-state index in [0.717, 1.165) is 5.56 Å². The van der Waals surface area contributed by atoms with Crippen LogP contribution in [-0.4, -0.2) is 22.8 Å². The Morgan fingerprint density at radius 3 is 2.52 bits per heavy atom. The van der Waals surface area contributed by atoms with E-state index in [9.17, 15) is 4.79 Å². The van der Waals surface area contributed by atoms with Gasteiger partial charge in [0.2, 0.25) is 10.1 Å². The lowest BCUT2D eigenvalue weighted by Gasteiger charge is -2.02. The van der Waals surface area contributed by atoms with Gasteiger partial charge in [-0.15, -0.1) is 10.2 Å². The van der Waals surface area contributed by atoms with Crippen LogP contribution in [0.3, 0.4) is 0 Å². The molecular formula is C15H21N3O2S. The summed E-state index contributed by atoms with van der Waals surface area (Å²) in [6, 6.07) is 8.22. The van der Waals surface area contributed by atoms with Crippen molar-refractivity contribution in [3.8, 4) is 0 Å². The number of carbonyl (C=O) groups is 1. The molecule has 1 aromatic heterocycles. The Labute approximate surface area is 129 Å². The van der Waals surface area contributed by atoms with Gasteiger partial charge in [0.25, 0.3) is 0 Å². The first-order chi connectivity index (χ1) is 10.2. The quantitative estimate of drug-likeness (QED) is 0.854. The smallest absolute Gasteiger partial charge is 0.369 e. The largest absolute Gasteiger partial charge is 0.461 e. The Balaban J connectivity index is 0.00000106. The average Bonchev–Trinajstić information content (AvgIpc) is 2.98. The van der Waals surface area contributed by atoms with E-state index in [4.69, 9.17) is 4.74 Å². The molecule has 0 radical (unpaired) electrons. The second-order valence-corrected chi connectivity index (χ2v) is 4.95. The fourth-order valence-electron chi connectivity index (χ4n) is 1.45. The number of nitrogens with zero attached hydrogens (tertiary/aromatic N) is 2. The van der Waals surface area contributed by atoms with Gasteiger partial charge >= 0.3 is 5.97 Å². The third kappa shape index (κ3) is 5.51. The zero-order valence-electron chi connectivity index (χ0n) is 12.8. The Hall–Kier alpha value is -1.95. The van der Waals surface area contributed by atoms with Crippen LogP contribution in [0.5, 0.6) is 0 Å². The number of hydrogen-bond donors (Lipinski definition) is 1. The minimum absolute atomic E-state index is 0.272. The number of nitrogens with one attached hydrogen (secondary N) is 1. The maximum Gasteiger partial charge on any atom is 0.369 e. The monoisotopic (exact) mass is 307 g/mol. The highest BCUT2D eigenvalue weighted by Crippen LogP contribution is 2.17. The first-order valence-corrected chi connectivity index (χ1v) is 7.80. The molecule has 0 atom stereocenters. The van der Waals surface area contributed by atoms with Crippen LogP contribution in [0.1, 0.15) is 41.7 Å². The highest BCUT2D eigenvalue weighted by molar-refractivity contribution is 7.17. The molecule has 0 fully saturated rings. The standard InChI is InChI=1S/C13H15N3O2S.C2H6/c1-3-18-12(17)11-15-16-13(19-11)14-8-10-6-4-9(2)5-7-10;1-2/h4-7H,3,8H2,1-2H3,(H,14,16);1-2H3. The molecule has 5 nitrogen and oxygen atoms in total. The van der Waals surface area contributed by atoms with Crippen molar-refractivity contribution in [2.45, 2.75) is 34.2 Å². The zero-order chi connectivity index (χ0) is 15.7. The lowest BCUT2D eigenvalue weighted by molar-refractivity contribution is 0.0525. The average molecular weight is 307 g/mol. The number of esters is 1. The molecule has 0 aliphatic carbocycles. The molecule has 0 saturated carbocycles. The molecular weight excluding hydrogens is 286 g/mol. The van der Waals surface area contributed by atoms with Gasteiger partial charge in [-0.1, -0.05) is 55.0 Å². The molecule has 0 amide bonds. The molecule has 0 bridgehead atoms. The van der Waals surface area contributed by atoms with Gasteiger partial charge in [0.1, 0.15) is 0 Å². The normalized spacial score (nSPS) is 9.52. The fraction of sp³-hybridized carbons (Fsp3) is 0.400. The SMILES string of the molecule is CC.CCOC(=O)c1nnc(NCc2ccc(C)cc2)s1. The van der Waals surface area contributed by atoms with E-state index in [1.807, 2.05) is 20.8 Å². The summed E-state index contributed by atoms with van der Waals surface area (Å²) in [6.07, 6.45) is 0. The van der Waals surface area contributed by atoms with Crippen LogP contribution in [0.25, 0.3) is 0 Å². The summed E-state index contributed by atoms with van der Waals surface area (Å²) in [7, 11) is 0. The molecule has 1 heterocycles. The van der Waals surface area contributed by atoms with Gasteiger partial charge in [-0.25, -0.2) is 4.79 Å². The molecule has 6 heteroatoms. The summed E-state index contributed by atoms with van der Waals surface area (Å²) in [5, 5.41) is 11.7. The van der Waals surface area contributed by atoms with Crippen molar-refractivity contribution < 1.29 is 9.53 Å². The van der Waals surface area contributed by atoms with E-state index < -0.39 is 5.97 Å². The first-order valence-electron chi connectivity index (χ1n) is 6.99. The molecule has 0 aliphatic heterocycles. The summed E-state index contributed by atoms with van der Waals surface area (Å²) in [6.45, 7) is 8.80. The minimum Gasteiger partial charge on any atom is -0.461 e. The van der Waals surface area contributed by atoms with E-state index >= 15 is 0 Å². The predicted molar refractivity (Wildman–Crippen MR) is 85.7 cm³/mol. The molecule has 2 rings (SSSR count). The second kappa shape index (κ2) is 9.07. The summed E-state index contributed by atoms with van der Waals surface area (Å²) >= 11 is 1.20. The third-order valence-corrected chi connectivity index (χ3v) is 3.30. The van der Waals surface area contributed by atoms with E-state index in [1.165, 1.54) is 16.9 Å². The number of benzene rings is 1. The van der Waals surface area contributed by atoms with Gasteiger partial charge in [0.05, 0.1) is 6.61 Å². The van der Waals surface area contributed by atoms with Crippen LogP contribution < -0.4 is 5.32 Å². The van der Waals surface area contributed by atoms with Crippen LogP contribution in [0.15, 0.2) is 24.3 Å². The maximum absolute atomic E-state index is 11.4. The molecule has 0 aliphatic rings. The van der Waals surface area contributed by atoms with Crippen molar-refractivity contribution >= 4 is 22.4 Å². The van der Waals surface area contributed by atoms with Gasteiger partial charge < -0.3 is 10.1 Å². The number of anilines is 1. The predicted octanol–water partition coefficient (Wildman–Crippen LogP) is 3.66. The van der Waals surface area contributed by atoms with E-state index in [0.29, 0.717) is 18.3 Å². The van der Waals surface area contributed by atoms with Crippen molar-refractivity contribution in [1.29, 1.82) is 0 Å². The lowest BCUT2D eigenvalue weighted by Crippen LogP contribution is -2.03. The Bertz CT molecular complexity index is 552. The Morgan fingerprint density at radius 1 is 1.24 bits per heavy atom. The van der Waals surface area contributed by atoms with Crippen LogP contribution >= 0.6 is 11.3 Å². The number of aromatic nitrogens is 2. The number of ether oxygens (including phenoxy) is 1. The van der Waals surface area contributed by atoms with E-state index in [2.05, 4.69) is 39.8 Å². The van der Waals surface area contributed by atoms with Gasteiger partial charge in [0.15, 0.2) is 0 Å².